The Labute approximate surface area is 145 Å². The van der Waals surface area contributed by atoms with Crippen LogP contribution < -0.4 is 9.04 Å². The number of rotatable bonds is 7. The van der Waals surface area contributed by atoms with Crippen LogP contribution in [0.5, 0.6) is 5.75 Å². The fourth-order valence-electron chi connectivity index (χ4n) is 2.08. The van der Waals surface area contributed by atoms with Crippen LogP contribution in [0.15, 0.2) is 58.3 Å². The molecule has 0 aliphatic heterocycles. The lowest BCUT2D eigenvalue weighted by Gasteiger charge is -2.23. The van der Waals surface area contributed by atoms with Gasteiger partial charge in [-0.1, -0.05) is 6.07 Å². The molecule has 0 unspecified atom stereocenters. The van der Waals surface area contributed by atoms with Gasteiger partial charge in [0.05, 0.1) is 17.7 Å². The largest absolute Gasteiger partial charge is 0.497 e. The molecule has 0 saturated heterocycles. The first-order valence-electron chi connectivity index (χ1n) is 6.91. The molecule has 2 rings (SSSR count). The molecule has 0 atom stereocenters. The Balaban J connectivity index is 2.50. The van der Waals surface area contributed by atoms with Crippen molar-refractivity contribution in [2.75, 3.05) is 24.2 Å². The molecule has 24 heavy (non-hydrogen) atoms. The summed E-state index contributed by atoms with van der Waals surface area (Å²) in [5.41, 5.74) is 0.227. The van der Waals surface area contributed by atoms with Crippen LogP contribution in [0.3, 0.4) is 0 Å². The second-order valence-electron chi connectivity index (χ2n) is 4.78. The summed E-state index contributed by atoms with van der Waals surface area (Å²) >= 11 is 1.49. The molecule has 1 N–H and O–H groups in total. The average Bonchev–Trinajstić information content (AvgIpc) is 2.59. The quantitative estimate of drug-likeness (QED) is 0.758. The van der Waals surface area contributed by atoms with Gasteiger partial charge in [-0.15, -0.1) is 11.8 Å². The van der Waals surface area contributed by atoms with Gasteiger partial charge in [0.2, 0.25) is 0 Å². The zero-order valence-electron chi connectivity index (χ0n) is 13.2. The maximum atomic E-state index is 12.9. The molecule has 6 nitrogen and oxygen atoms in total. The highest BCUT2D eigenvalue weighted by molar-refractivity contribution is 7.98. The Kier molecular flexibility index (Phi) is 5.74. The van der Waals surface area contributed by atoms with E-state index < -0.39 is 22.5 Å². The van der Waals surface area contributed by atoms with Crippen molar-refractivity contribution in [3.8, 4) is 5.75 Å². The van der Waals surface area contributed by atoms with Gasteiger partial charge in [-0.3, -0.25) is 9.10 Å². The van der Waals surface area contributed by atoms with Gasteiger partial charge in [0.25, 0.3) is 10.0 Å². The summed E-state index contributed by atoms with van der Waals surface area (Å²) in [5.74, 6) is -0.807. The number of nitrogens with zero attached hydrogens (tertiary/aromatic N) is 1. The summed E-state index contributed by atoms with van der Waals surface area (Å²) in [6.45, 7) is -0.681. The third-order valence-electron chi connectivity index (χ3n) is 3.27. The number of thioether (sulfide) groups is 1. The topological polar surface area (TPSA) is 83.9 Å². The van der Waals surface area contributed by atoms with Gasteiger partial charge >= 0.3 is 5.97 Å². The molecule has 2 aromatic rings. The molecule has 8 heteroatoms. The molecule has 0 aliphatic carbocycles. The van der Waals surface area contributed by atoms with E-state index in [1.807, 2.05) is 6.26 Å². The number of hydrogen-bond donors (Lipinski definition) is 1. The van der Waals surface area contributed by atoms with Crippen LogP contribution in [0.25, 0.3) is 0 Å². The molecular formula is C16H17NO5S2. The summed E-state index contributed by atoms with van der Waals surface area (Å²) in [4.78, 5) is 12.1. The first kappa shape index (κ1) is 18.2. The number of methoxy groups -OCH3 is 1. The smallest absolute Gasteiger partial charge is 0.324 e. The fourth-order valence-corrected chi connectivity index (χ4v) is 3.89. The average molecular weight is 367 g/mol. The van der Waals surface area contributed by atoms with Crippen molar-refractivity contribution in [2.45, 2.75) is 9.79 Å². The Morgan fingerprint density at radius 1 is 1.21 bits per heavy atom. The van der Waals surface area contributed by atoms with Gasteiger partial charge in [0.15, 0.2) is 0 Å². The molecule has 0 heterocycles. The Morgan fingerprint density at radius 2 is 1.88 bits per heavy atom. The van der Waals surface area contributed by atoms with Crippen LogP contribution in [0.1, 0.15) is 0 Å². The van der Waals surface area contributed by atoms with E-state index in [4.69, 9.17) is 9.84 Å². The summed E-state index contributed by atoms with van der Waals surface area (Å²) < 4.78 is 31.7. The van der Waals surface area contributed by atoms with E-state index >= 15 is 0 Å². The minimum atomic E-state index is -4.01. The number of anilines is 1. The van der Waals surface area contributed by atoms with Gasteiger partial charge in [0, 0.05) is 11.0 Å². The maximum absolute atomic E-state index is 12.9. The van der Waals surface area contributed by atoms with Crippen molar-refractivity contribution in [1.29, 1.82) is 0 Å². The molecular weight excluding hydrogens is 350 g/mol. The normalized spacial score (nSPS) is 11.1. The van der Waals surface area contributed by atoms with Crippen molar-refractivity contribution in [2.24, 2.45) is 0 Å². The summed E-state index contributed by atoms with van der Waals surface area (Å²) in [5, 5.41) is 9.12. The third kappa shape index (κ3) is 4.01. The summed E-state index contributed by atoms with van der Waals surface area (Å²) in [7, 11) is -2.56. The molecule has 0 aromatic heterocycles. The lowest BCUT2D eigenvalue weighted by molar-refractivity contribution is -0.135. The minimum Gasteiger partial charge on any atom is -0.497 e. The van der Waals surface area contributed by atoms with Crippen molar-refractivity contribution >= 4 is 33.4 Å². The second kappa shape index (κ2) is 7.59. The molecule has 0 saturated carbocycles. The zero-order chi connectivity index (χ0) is 17.7. The molecule has 0 amide bonds. The van der Waals surface area contributed by atoms with E-state index in [0.29, 0.717) is 5.75 Å². The number of hydrogen-bond acceptors (Lipinski definition) is 5. The predicted molar refractivity (Wildman–Crippen MR) is 93.4 cm³/mol. The van der Waals surface area contributed by atoms with E-state index in [-0.39, 0.29) is 10.6 Å². The number of carboxylic acid groups (broad SMARTS) is 1. The van der Waals surface area contributed by atoms with Gasteiger partial charge in [-0.2, -0.15) is 0 Å². The predicted octanol–water partition coefficient (Wildman–Crippen LogP) is 2.70. The van der Waals surface area contributed by atoms with Crippen LogP contribution >= 0.6 is 11.8 Å². The van der Waals surface area contributed by atoms with Gasteiger partial charge < -0.3 is 9.84 Å². The van der Waals surface area contributed by atoms with Crippen LogP contribution in [0, 0.1) is 0 Å². The molecule has 0 fully saturated rings. The van der Waals surface area contributed by atoms with Crippen molar-refractivity contribution in [1.82, 2.24) is 0 Å². The number of aliphatic carboxylic acids is 1. The van der Waals surface area contributed by atoms with Crippen molar-refractivity contribution in [3.05, 3.63) is 48.5 Å². The van der Waals surface area contributed by atoms with Crippen LogP contribution in [-0.2, 0) is 14.8 Å². The van der Waals surface area contributed by atoms with Crippen molar-refractivity contribution < 1.29 is 23.1 Å². The van der Waals surface area contributed by atoms with E-state index in [0.717, 1.165) is 9.20 Å². The highest BCUT2D eigenvalue weighted by atomic mass is 32.2. The summed E-state index contributed by atoms with van der Waals surface area (Å²) in [6.07, 6.45) is 1.89. The zero-order valence-corrected chi connectivity index (χ0v) is 14.8. The molecule has 0 aliphatic rings. The third-order valence-corrected chi connectivity index (χ3v) is 5.80. The van der Waals surface area contributed by atoms with Crippen molar-refractivity contribution in [3.63, 3.8) is 0 Å². The van der Waals surface area contributed by atoms with Gasteiger partial charge in [-0.25, -0.2) is 8.42 Å². The van der Waals surface area contributed by atoms with Gasteiger partial charge in [0.1, 0.15) is 12.3 Å². The number of carboxylic acids is 1. The summed E-state index contributed by atoms with van der Waals surface area (Å²) in [6, 6.07) is 12.6. The lowest BCUT2D eigenvalue weighted by atomic mass is 10.3. The molecule has 2 aromatic carbocycles. The number of ether oxygens (including phenoxy) is 1. The van der Waals surface area contributed by atoms with Gasteiger partial charge in [-0.05, 0) is 42.7 Å². The van der Waals surface area contributed by atoms with Crippen LogP contribution in [-0.4, -0.2) is 39.4 Å². The Hall–Kier alpha value is -2.19. The van der Waals surface area contributed by atoms with Crippen LogP contribution in [0.2, 0.25) is 0 Å². The fraction of sp³-hybridized carbons (Fsp3) is 0.188. The monoisotopic (exact) mass is 367 g/mol. The van der Waals surface area contributed by atoms with E-state index in [1.165, 1.54) is 43.1 Å². The molecule has 0 spiro atoms. The lowest BCUT2D eigenvalue weighted by Crippen LogP contribution is -2.35. The van der Waals surface area contributed by atoms with E-state index in [1.54, 1.807) is 24.3 Å². The SMILES string of the molecule is COc1cccc(N(CC(=O)O)S(=O)(=O)c2ccc(SC)cc2)c1. The Bertz CT molecular complexity index is 819. The molecule has 0 radical (unpaired) electrons. The Morgan fingerprint density at radius 3 is 2.42 bits per heavy atom. The van der Waals surface area contributed by atoms with E-state index in [9.17, 15) is 13.2 Å². The van der Waals surface area contributed by atoms with E-state index in [2.05, 4.69) is 0 Å². The molecule has 0 bridgehead atoms. The first-order valence-corrected chi connectivity index (χ1v) is 9.57. The minimum absolute atomic E-state index is 0.0318. The highest BCUT2D eigenvalue weighted by Gasteiger charge is 2.27. The second-order valence-corrected chi connectivity index (χ2v) is 7.52. The number of benzene rings is 2. The number of sulfonamides is 1. The van der Waals surface area contributed by atoms with Crippen LogP contribution in [0.4, 0.5) is 5.69 Å². The highest BCUT2D eigenvalue weighted by Crippen LogP contribution is 2.27. The standard InChI is InChI=1S/C16H17NO5S2/c1-22-13-5-3-4-12(10-13)17(11-16(18)19)24(20,21)15-8-6-14(23-2)7-9-15/h3-10H,11H2,1-2H3,(H,18,19). The molecule has 128 valence electrons. The number of carbonyl (C=O) groups is 1. The first-order chi connectivity index (χ1) is 11.4. The maximum Gasteiger partial charge on any atom is 0.324 e.